The van der Waals surface area contributed by atoms with Gasteiger partial charge < -0.3 is 9.32 Å². The first-order valence-electron chi connectivity index (χ1n) is 17.8. The van der Waals surface area contributed by atoms with Crippen molar-refractivity contribution in [2.45, 2.75) is 0 Å². The molecule has 2 nitrogen and oxygen atoms in total. The Labute approximate surface area is 302 Å². The van der Waals surface area contributed by atoms with Crippen molar-refractivity contribution in [3.05, 3.63) is 200 Å². The maximum atomic E-state index is 6.49. The number of para-hydroxylation sites is 2. The summed E-state index contributed by atoms with van der Waals surface area (Å²) in [7, 11) is 0. The van der Waals surface area contributed by atoms with Gasteiger partial charge in [-0.1, -0.05) is 158 Å². The van der Waals surface area contributed by atoms with Crippen molar-refractivity contribution < 1.29 is 4.42 Å². The predicted octanol–water partition coefficient (Wildman–Crippen LogP) is 14.4. The lowest BCUT2D eigenvalue weighted by Crippen LogP contribution is -2.11. The highest BCUT2D eigenvalue weighted by molar-refractivity contribution is 6.15. The summed E-state index contributed by atoms with van der Waals surface area (Å²) in [6, 6.07) is 71.7. The number of benzene rings is 9. The number of furan rings is 1. The minimum absolute atomic E-state index is 0.911. The van der Waals surface area contributed by atoms with Crippen molar-refractivity contribution in [3.63, 3.8) is 0 Å². The summed E-state index contributed by atoms with van der Waals surface area (Å²) in [6.07, 6.45) is 0. The number of anilines is 3. The van der Waals surface area contributed by atoms with Crippen LogP contribution in [-0.2, 0) is 0 Å². The van der Waals surface area contributed by atoms with E-state index in [0.29, 0.717) is 0 Å². The van der Waals surface area contributed by atoms with Crippen LogP contribution in [0.1, 0.15) is 0 Å². The smallest absolute Gasteiger partial charge is 0.143 e. The Balaban J connectivity index is 1.12. The number of fused-ring (bicyclic) bond motifs is 6. The number of nitrogens with zero attached hydrogens (tertiary/aromatic N) is 1. The van der Waals surface area contributed by atoms with E-state index in [4.69, 9.17) is 4.42 Å². The molecule has 0 amide bonds. The molecule has 1 aromatic heterocycles. The highest BCUT2D eigenvalue weighted by Gasteiger charge is 2.20. The lowest BCUT2D eigenvalue weighted by atomic mass is 9.97. The fourth-order valence-corrected chi connectivity index (χ4v) is 7.68. The van der Waals surface area contributed by atoms with Crippen LogP contribution in [0.5, 0.6) is 0 Å². The molecule has 0 spiro atoms. The lowest BCUT2D eigenvalue weighted by molar-refractivity contribution is 0.672. The molecular formula is C50H33NO. The molecule has 0 radical (unpaired) electrons. The minimum atomic E-state index is 0.911. The summed E-state index contributed by atoms with van der Waals surface area (Å²) in [5.41, 5.74) is 12.3. The second kappa shape index (κ2) is 12.5. The molecule has 0 aliphatic heterocycles. The zero-order chi connectivity index (χ0) is 34.4. The van der Waals surface area contributed by atoms with E-state index < -0.39 is 0 Å². The predicted molar refractivity (Wildman–Crippen MR) is 220 cm³/mol. The summed E-state index contributed by atoms with van der Waals surface area (Å²) < 4.78 is 6.49. The molecule has 1 heterocycles. The number of hydrogen-bond donors (Lipinski definition) is 0. The van der Waals surface area contributed by atoms with Crippen molar-refractivity contribution in [1.29, 1.82) is 0 Å². The van der Waals surface area contributed by atoms with Crippen LogP contribution in [0.3, 0.4) is 0 Å². The topological polar surface area (TPSA) is 16.4 Å². The highest BCUT2D eigenvalue weighted by Crippen LogP contribution is 2.45. The van der Waals surface area contributed by atoms with Crippen LogP contribution >= 0.6 is 0 Å². The van der Waals surface area contributed by atoms with Gasteiger partial charge in [0.1, 0.15) is 11.2 Å². The normalized spacial score (nSPS) is 11.5. The average molecular weight is 664 g/mol. The molecule has 10 rings (SSSR count). The van der Waals surface area contributed by atoms with Crippen molar-refractivity contribution in [2.75, 3.05) is 4.90 Å². The first-order valence-corrected chi connectivity index (χ1v) is 17.8. The molecule has 0 aliphatic carbocycles. The summed E-state index contributed by atoms with van der Waals surface area (Å²) in [6.45, 7) is 0. The molecule has 9 aromatic carbocycles. The van der Waals surface area contributed by atoms with E-state index in [1.54, 1.807) is 0 Å². The van der Waals surface area contributed by atoms with E-state index >= 15 is 0 Å². The quantitative estimate of drug-likeness (QED) is 0.176. The average Bonchev–Trinajstić information content (AvgIpc) is 3.61. The van der Waals surface area contributed by atoms with Crippen LogP contribution in [0, 0.1) is 0 Å². The summed E-state index contributed by atoms with van der Waals surface area (Å²) in [5.74, 6) is 0. The zero-order valence-electron chi connectivity index (χ0n) is 28.4. The van der Waals surface area contributed by atoms with Gasteiger partial charge in [-0.25, -0.2) is 0 Å². The third-order valence-electron chi connectivity index (χ3n) is 10.3. The van der Waals surface area contributed by atoms with E-state index in [1.807, 2.05) is 12.1 Å². The number of rotatable bonds is 6. The van der Waals surface area contributed by atoms with E-state index in [2.05, 4.69) is 193 Å². The first-order chi connectivity index (χ1) is 25.8. The molecule has 0 fully saturated rings. The van der Waals surface area contributed by atoms with Crippen LogP contribution in [0.2, 0.25) is 0 Å². The van der Waals surface area contributed by atoms with Gasteiger partial charge in [0.2, 0.25) is 0 Å². The van der Waals surface area contributed by atoms with E-state index in [1.165, 1.54) is 33.0 Å². The Morgan fingerprint density at radius 1 is 0.327 bits per heavy atom. The molecule has 2 heteroatoms. The molecule has 0 saturated heterocycles. The fraction of sp³-hybridized carbons (Fsp3) is 0. The van der Waals surface area contributed by atoms with Gasteiger partial charge >= 0.3 is 0 Å². The van der Waals surface area contributed by atoms with Gasteiger partial charge in [-0.2, -0.15) is 0 Å². The number of hydrogen-bond acceptors (Lipinski definition) is 2. The summed E-state index contributed by atoms with van der Waals surface area (Å²) >= 11 is 0. The molecule has 0 N–H and O–H groups in total. The zero-order valence-corrected chi connectivity index (χ0v) is 28.4. The van der Waals surface area contributed by atoms with Gasteiger partial charge in [-0.05, 0) is 81.1 Å². The molecule has 0 atom stereocenters. The SMILES string of the molecule is c1ccc(-c2ccc(-c3ccc(N(c4ccccc4-c4ccc5ccc6c7ccccc7oc6c5c4)c4cccc5ccccc45)cc3)cc2)cc1. The standard InChI is InChI=1S/C50H33NO/c1-2-11-34(12-3-1)35-21-23-36(24-22-35)37-27-30-41(31-28-37)51(48-19-10-14-38-13-4-5-15-42(38)48)47-18-8-6-16-43(47)40-26-25-39-29-32-45-44-17-7-9-20-49(44)52-50(45)46(39)33-40/h1-33H. The Hall–Kier alpha value is -6.90. The van der Waals surface area contributed by atoms with Crippen LogP contribution in [0.25, 0.3) is 76.9 Å². The largest absolute Gasteiger partial charge is 0.455 e. The van der Waals surface area contributed by atoms with Gasteiger partial charge in [0.05, 0.1) is 11.4 Å². The van der Waals surface area contributed by atoms with Crippen LogP contribution < -0.4 is 4.90 Å². The molecule has 0 unspecified atom stereocenters. The van der Waals surface area contributed by atoms with E-state index in [-0.39, 0.29) is 0 Å². The first kappa shape index (κ1) is 30.0. The molecule has 52 heavy (non-hydrogen) atoms. The van der Waals surface area contributed by atoms with E-state index in [0.717, 1.165) is 60.9 Å². The molecule has 244 valence electrons. The molecular weight excluding hydrogens is 631 g/mol. The third-order valence-corrected chi connectivity index (χ3v) is 10.3. The van der Waals surface area contributed by atoms with Crippen LogP contribution in [0.15, 0.2) is 205 Å². The maximum absolute atomic E-state index is 6.49. The summed E-state index contributed by atoms with van der Waals surface area (Å²) in [5, 5.41) is 6.95. The highest BCUT2D eigenvalue weighted by atomic mass is 16.3. The maximum Gasteiger partial charge on any atom is 0.143 e. The molecule has 0 bridgehead atoms. The van der Waals surface area contributed by atoms with Crippen LogP contribution in [0.4, 0.5) is 17.1 Å². The van der Waals surface area contributed by atoms with Gasteiger partial charge in [0.15, 0.2) is 0 Å². The Morgan fingerprint density at radius 3 is 1.69 bits per heavy atom. The third kappa shape index (κ3) is 5.12. The fourth-order valence-electron chi connectivity index (χ4n) is 7.68. The summed E-state index contributed by atoms with van der Waals surface area (Å²) in [4.78, 5) is 2.41. The second-order valence-corrected chi connectivity index (χ2v) is 13.3. The lowest BCUT2D eigenvalue weighted by Gasteiger charge is -2.29. The van der Waals surface area contributed by atoms with Gasteiger partial charge in [-0.15, -0.1) is 0 Å². The van der Waals surface area contributed by atoms with Crippen molar-refractivity contribution >= 4 is 60.5 Å². The van der Waals surface area contributed by atoms with E-state index in [9.17, 15) is 0 Å². The monoisotopic (exact) mass is 663 g/mol. The van der Waals surface area contributed by atoms with Crippen LogP contribution in [-0.4, -0.2) is 0 Å². The second-order valence-electron chi connectivity index (χ2n) is 13.3. The van der Waals surface area contributed by atoms with Crippen molar-refractivity contribution in [1.82, 2.24) is 0 Å². The van der Waals surface area contributed by atoms with Gasteiger partial charge in [-0.3, -0.25) is 0 Å². The Morgan fingerprint density at radius 2 is 0.885 bits per heavy atom. The molecule has 10 aromatic rings. The van der Waals surface area contributed by atoms with Gasteiger partial charge in [0.25, 0.3) is 0 Å². The molecule has 0 aliphatic rings. The Bertz CT molecular complexity index is 2880. The van der Waals surface area contributed by atoms with Gasteiger partial charge in [0, 0.05) is 32.8 Å². The minimum Gasteiger partial charge on any atom is -0.455 e. The molecule has 0 saturated carbocycles. The Kier molecular flexibility index (Phi) is 7.18. The van der Waals surface area contributed by atoms with Crippen molar-refractivity contribution in [2.24, 2.45) is 0 Å². The van der Waals surface area contributed by atoms with Crippen molar-refractivity contribution in [3.8, 4) is 33.4 Å².